The Hall–Kier alpha value is -2.13. The van der Waals surface area contributed by atoms with Crippen LogP contribution >= 0.6 is 35.0 Å². The summed E-state index contributed by atoms with van der Waals surface area (Å²) >= 11 is 13.4. The molecule has 3 aromatic rings. The van der Waals surface area contributed by atoms with Crippen molar-refractivity contribution in [3.63, 3.8) is 0 Å². The molecule has 0 spiro atoms. The van der Waals surface area contributed by atoms with Gasteiger partial charge in [0.15, 0.2) is 11.0 Å². The molecule has 1 aromatic carbocycles. The summed E-state index contributed by atoms with van der Waals surface area (Å²) in [4.78, 5) is 18.3. The van der Waals surface area contributed by atoms with Crippen LogP contribution in [0.15, 0.2) is 47.9 Å². The number of aromatic nitrogens is 4. The fourth-order valence-electron chi connectivity index (χ4n) is 2.73. The number of carbonyl (C=O) groups is 1. The quantitative estimate of drug-likeness (QED) is 0.443. The first-order valence-corrected chi connectivity index (χ1v) is 10.9. The van der Waals surface area contributed by atoms with E-state index in [-0.39, 0.29) is 11.7 Å². The largest absolute Gasteiger partial charge is 0.383 e. The van der Waals surface area contributed by atoms with Gasteiger partial charge in [-0.25, -0.2) is 0 Å². The van der Waals surface area contributed by atoms with Gasteiger partial charge in [0, 0.05) is 38.7 Å². The fraction of sp³-hybridized carbons (Fsp3) is 0.300. The lowest BCUT2D eigenvalue weighted by Gasteiger charge is -2.17. The highest BCUT2D eigenvalue weighted by Crippen LogP contribution is 2.25. The molecule has 0 fully saturated rings. The van der Waals surface area contributed by atoms with E-state index >= 15 is 0 Å². The molecule has 0 saturated heterocycles. The number of hydrogen-bond donors (Lipinski definition) is 0. The Morgan fingerprint density at radius 1 is 1.17 bits per heavy atom. The maximum Gasteiger partial charge on any atom is 0.233 e. The molecule has 0 aliphatic carbocycles. The molecule has 0 saturated carbocycles. The van der Waals surface area contributed by atoms with E-state index in [4.69, 9.17) is 27.9 Å². The topological polar surface area (TPSA) is 73.1 Å². The molecule has 30 heavy (non-hydrogen) atoms. The van der Waals surface area contributed by atoms with Gasteiger partial charge in [-0.05, 0) is 29.8 Å². The van der Waals surface area contributed by atoms with E-state index in [0.29, 0.717) is 40.7 Å². The van der Waals surface area contributed by atoms with Crippen LogP contribution in [-0.2, 0) is 22.6 Å². The van der Waals surface area contributed by atoms with Gasteiger partial charge in [0.05, 0.1) is 28.9 Å². The standard InChI is InChI=1S/C20H21Cl2N5O2S/c1-26(12-14-3-4-16(21)17(22)11-14)18(28)13-30-20-25-24-19(27(20)9-10-29-2)15-5-7-23-8-6-15/h3-8,11H,9-10,12-13H2,1-2H3. The van der Waals surface area contributed by atoms with E-state index in [9.17, 15) is 4.79 Å². The summed E-state index contributed by atoms with van der Waals surface area (Å²) in [5.74, 6) is 0.922. The number of thioether (sulfide) groups is 1. The second kappa shape index (κ2) is 10.8. The third-order valence-corrected chi connectivity index (χ3v) is 6.02. The number of amides is 1. The zero-order valence-corrected chi connectivity index (χ0v) is 18.9. The SMILES string of the molecule is COCCn1c(SCC(=O)N(C)Cc2ccc(Cl)c(Cl)c2)nnc1-c1ccncc1. The van der Waals surface area contributed by atoms with Crippen LogP contribution in [0.2, 0.25) is 10.0 Å². The van der Waals surface area contributed by atoms with Gasteiger partial charge in [-0.1, -0.05) is 41.0 Å². The van der Waals surface area contributed by atoms with Crippen molar-refractivity contribution in [2.24, 2.45) is 0 Å². The van der Waals surface area contributed by atoms with Crippen molar-refractivity contribution < 1.29 is 9.53 Å². The van der Waals surface area contributed by atoms with E-state index < -0.39 is 0 Å². The van der Waals surface area contributed by atoms with Gasteiger partial charge < -0.3 is 9.64 Å². The highest BCUT2D eigenvalue weighted by molar-refractivity contribution is 7.99. The lowest BCUT2D eigenvalue weighted by Crippen LogP contribution is -2.28. The minimum absolute atomic E-state index is 0.0298. The van der Waals surface area contributed by atoms with Crippen molar-refractivity contribution in [2.75, 3.05) is 26.5 Å². The monoisotopic (exact) mass is 465 g/mol. The van der Waals surface area contributed by atoms with Crippen LogP contribution in [0.3, 0.4) is 0 Å². The molecule has 158 valence electrons. The molecule has 2 heterocycles. The number of carbonyl (C=O) groups excluding carboxylic acids is 1. The zero-order chi connectivity index (χ0) is 21.5. The van der Waals surface area contributed by atoms with E-state index in [1.165, 1.54) is 11.8 Å². The van der Waals surface area contributed by atoms with Gasteiger partial charge in [-0.2, -0.15) is 0 Å². The van der Waals surface area contributed by atoms with Gasteiger partial charge >= 0.3 is 0 Å². The Morgan fingerprint density at radius 2 is 1.93 bits per heavy atom. The molecule has 0 bridgehead atoms. The minimum Gasteiger partial charge on any atom is -0.383 e. The van der Waals surface area contributed by atoms with Crippen LogP contribution in [0.5, 0.6) is 0 Å². The Kier molecular flexibility index (Phi) is 8.09. The van der Waals surface area contributed by atoms with Gasteiger partial charge in [-0.3, -0.25) is 14.3 Å². The number of ether oxygens (including phenoxy) is 1. The summed E-state index contributed by atoms with van der Waals surface area (Å²) in [6.07, 6.45) is 3.41. The van der Waals surface area contributed by atoms with Gasteiger partial charge in [0.1, 0.15) is 0 Å². The summed E-state index contributed by atoms with van der Waals surface area (Å²) in [5.41, 5.74) is 1.82. The van der Waals surface area contributed by atoms with Crippen LogP contribution in [0, 0.1) is 0 Å². The predicted molar refractivity (Wildman–Crippen MR) is 119 cm³/mol. The van der Waals surface area contributed by atoms with Crippen molar-refractivity contribution >= 4 is 40.9 Å². The number of methoxy groups -OCH3 is 1. The van der Waals surface area contributed by atoms with E-state index in [0.717, 1.165) is 11.1 Å². The van der Waals surface area contributed by atoms with Crippen LogP contribution in [0.4, 0.5) is 0 Å². The Morgan fingerprint density at radius 3 is 2.63 bits per heavy atom. The summed E-state index contributed by atoms with van der Waals surface area (Å²) in [5, 5.41) is 10.2. The highest BCUT2D eigenvalue weighted by Gasteiger charge is 2.17. The zero-order valence-electron chi connectivity index (χ0n) is 16.6. The third-order valence-electron chi connectivity index (χ3n) is 4.33. The third kappa shape index (κ3) is 5.72. The van der Waals surface area contributed by atoms with Gasteiger partial charge in [0.25, 0.3) is 0 Å². The van der Waals surface area contributed by atoms with E-state index in [1.807, 2.05) is 22.8 Å². The molecule has 3 rings (SSSR count). The summed E-state index contributed by atoms with van der Waals surface area (Å²) in [6, 6.07) is 9.10. The molecular formula is C20H21Cl2N5O2S. The molecule has 0 N–H and O–H groups in total. The van der Waals surface area contributed by atoms with Crippen molar-refractivity contribution in [3.05, 3.63) is 58.3 Å². The smallest absolute Gasteiger partial charge is 0.233 e. The molecule has 0 unspecified atom stereocenters. The molecule has 0 aliphatic rings. The Labute approximate surface area is 189 Å². The molecule has 2 aromatic heterocycles. The summed E-state index contributed by atoms with van der Waals surface area (Å²) < 4.78 is 7.17. The first-order valence-electron chi connectivity index (χ1n) is 9.13. The second-order valence-corrected chi connectivity index (χ2v) is 8.23. The fourth-order valence-corrected chi connectivity index (χ4v) is 3.96. The average Bonchev–Trinajstić information content (AvgIpc) is 3.16. The number of nitrogens with zero attached hydrogens (tertiary/aromatic N) is 5. The van der Waals surface area contributed by atoms with Crippen LogP contribution in [0.25, 0.3) is 11.4 Å². The normalized spacial score (nSPS) is 10.9. The maximum absolute atomic E-state index is 12.6. The van der Waals surface area contributed by atoms with Crippen LogP contribution < -0.4 is 0 Å². The minimum atomic E-state index is -0.0298. The van der Waals surface area contributed by atoms with Crippen molar-refractivity contribution in [1.82, 2.24) is 24.6 Å². The number of rotatable bonds is 9. The second-order valence-electron chi connectivity index (χ2n) is 6.47. The first-order chi connectivity index (χ1) is 14.5. The molecule has 0 aliphatic heterocycles. The van der Waals surface area contributed by atoms with Crippen molar-refractivity contribution in [3.8, 4) is 11.4 Å². The molecule has 7 nitrogen and oxygen atoms in total. The first kappa shape index (κ1) is 22.6. The summed E-state index contributed by atoms with van der Waals surface area (Å²) in [6.45, 7) is 1.53. The maximum atomic E-state index is 12.6. The number of pyridine rings is 1. The predicted octanol–water partition coefficient (Wildman–Crippen LogP) is 4.04. The number of benzene rings is 1. The molecule has 0 radical (unpaired) electrons. The molecule has 0 atom stereocenters. The van der Waals surface area contributed by atoms with Crippen LogP contribution in [-0.4, -0.2) is 57.1 Å². The number of hydrogen-bond acceptors (Lipinski definition) is 6. The number of halogens is 2. The molecule has 1 amide bonds. The van der Waals surface area contributed by atoms with Gasteiger partial charge in [-0.15, -0.1) is 10.2 Å². The van der Waals surface area contributed by atoms with Crippen molar-refractivity contribution in [2.45, 2.75) is 18.2 Å². The van der Waals surface area contributed by atoms with E-state index in [2.05, 4.69) is 15.2 Å². The van der Waals surface area contributed by atoms with E-state index in [1.54, 1.807) is 43.6 Å². The lowest BCUT2D eigenvalue weighted by atomic mass is 10.2. The Balaban J connectivity index is 1.67. The summed E-state index contributed by atoms with van der Waals surface area (Å²) in [7, 11) is 3.40. The average molecular weight is 466 g/mol. The van der Waals surface area contributed by atoms with Gasteiger partial charge in [0.2, 0.25) is 5.91 Å². The molecule has 10 heteroatoms. The highest BCUT2D eigenvalue weighted by atomic mass is 35.5. The lowest BCUT2D eigenvalue weighted by molar-refractivity contribution is -0.127. The Bertz CT molecular complexity index is 1000. The molecular weight excluding hydrogens is 445 g/mol. The van der Waals surface area contributed by atoms with Crippen molar-refractivity contribution in [1.29, 1.82) is 0 Å². The van der Waals surface area contributed by atoms with Crippen LogP contribution in [0.1, 0.15) is 5.56 Å².